The molecule has 1 aromatic carbocycles. The molecule has 1 unspecified atom stereocenters. The summed E-state index contributed by atoms with van der Waals surface area (Å²) in [6, 6.07) is 11.3. The van der Waals surface area contributed by atoms with Crippen molar-refractivity contribution in [3.63, 3.8) is 0 Å². The number of anilines is 1. The van der Waals surface area contributed by atoms with Crippen molar-refractivity contribution in [1.82, 2.24) is 19.8 Å². The van der Waals surface area contributed by atoms with Gasteiger partial charge >= 0.3 is 6.01 Å². The summed E-state index contributed by atoms with van der Waals surface area (Å²) in [5, 5.41) is 11.5. The lowest BCUT2D eigenvalue weighted by molar-refractivity contribution is -0.0661. The Morgan fingerprint density at radius 2 is 1.73 bits per heavy atom. The van der Waals surface area contributed by atoms with E-state index in [-0.39, 0.29) is 11.1 Å². The van der Waals surface area contributed by atoms with Crippen molar-refractivity contribution < 1.29 is 9.84 Å². The van der Waals surface area contributed by atoms with E-state index in [9.17, 15) is 5.11 Å². The molecule has 7 heteroatoms. The van der Waals surface area contributed by atoms with Crippen LogP contribution in [-0.2, 0) is 5.54 Å². The molecule has 1 aromatic heterocycles. The molecular weight excluding hydrogens is 414 g/mol. The van der Waals surface area contributed by atoms with Gasteiger partial charge in [0.05, 0.1) is 25.2 Å². The maximum absolute atomic E-state index is 11.5. The number of benzene rings is 1. The zero-order valence-corrected chi connectivity index (χ0v) is 20.2. The number of aliphatic hydroxyl groups excluding tert-OH is 1. The van der Waals surface area contributed by atoms with Crippen molar-refractivity contribution in [2.75, 3.05) is 39.2 Å². The van der Waals surface area contributed by atoms with Gasteiger partial charge in [0, 0.05) is 24.2 Å². The van der Waals surface area contributed by atoms with Gasteiger partial charge in [0.15, 0.2) is 6.35 Å². The first-order valence-electron chi connectivity index (χ1n) is 12.3. The van der Waals surface area contributed by atoms with Crippen LogP contribution in [0.2, 0.25) is 0 Å². The molecule has 3 aliphatic rings. The third kappa shape index (κ3) is 3.90. The van der Waals surface area contributed by atoms with Gasteiger partial charge < -0.3 is 14.7 Å². The minimum Gasteiger partial charge on any atom is -0.467 e. The molecule has 1 aliphatic heterocycles. The number of rotatable bonds is 6. The number of hydrogen-bond acceptors (Lipinski definition) is 7. The molecule has 0 bridgehead atoms. The van der Waals surface area contributed by atoms with Gasteiger partial charge in [-0.25, -0.2) is 9.97 Å². The zero-order valence-electron chi connectivity index (χ0n) is 20.2. The third-order valence-corrected chi connectivity index (χ3v) is 8.61. The van der Waals surface area contributed by atoms with Gasteiger partial charge in [-0.2, -0.15) is 0 Å². The minimum absolute atomic E-state index is 0.0379. The second kappa shape index (κ2) is 8.85. The standard InChI is InChI=1S/C26H37N5O2/c1-29(2)26(21-10-5-4-6-11-21)14-12-25(13-15-26)19-30(22-16-27-23(33-3)28-17-22)24(32)31(25)18-20-8-7-9-20/h4-6,10-11,16-17,20,24,32H,7-9,12-15,18-19H2,1-3H3/t24?,25-,26+. The van der Waals surface area contributed by atoms with E-state index in [1.54, 1.807) is 19.5 Å². The van der Waals surface area contributed by atoms with E-state index in [1.165, 1.54) is 24.8 Å². The summed E-state index contributed by atoms with van der Waals surface area (Å²) in [5.41, 5.74) is 2.25. The fourth-order valence-corrected chi connectivity index (χ4v) is 6.25. The highest BCUT2D eigenvalue weighted by atomic mass is 16.5. The number of methoxy groups -OCH3 is 1. The van der Waals surface area contributed by atoms with Crippen LogP contribution in [0, 0.1) is 5.92 Å². The van der Waals surface area contributed by atoms with Crippen LogP contribution < -0.4 is 9.64 Å². The normalized spacial score (nSPS) is 30.7. The van der Waals surface area contributed by atoms with Crippen LogP contribution in [0.3, 0.4) is 0 Å². The van der Waals surface area contributed by atoms with Gasteiger partial charge in [0.1, 0.15) is 0 Å². The van der Waals surface area contributed by atoms with E-state index >= 15 is 0 Å². The maximum Gasteiger partial charge on any atom is 0.316 e. The number of hydrogen-bond donors (Lipinski definition) is 1. The Morgan fingerprint density at radius 1 is 1.06 bits per heavy atom. The molecular formula is C26H37N5O2. The number of nitrogens with zero attached hydrogens (tertiary/aromatic N) is 5. The molecule has 1 saturated heterocycles. The fourth-order valence-electron chi connectivity index (χ4n) is 6.25. The lowest BCUT2D eigenvalue weighted by atomic mass is 9.68. The Kier molecular flexibility index (Phi) is 6.05. The molecule has 178 valence electrons. The first kappa shape index (κ1) is 22.6. The smallest absolute Gasteiger partial charge is 0.316 e. The first-order chi connectivity index (χ1) is 16.0. The summed E-state index contributed by atoms with van der Waals surface area (Å²) in [5.74, 6) is 0.693. The second-order valence-electron chi connectivity index (χ2n) is 10.4. The van der Waals surface area contributed by atoms with Crippen molar-refractivity contribution in [2.24, 2.45) is 5.92 Å². The highest BCUT2D eigenvalue weighted by Gasteiger charge is 2.55. The molecule has 0 radical (unpaired) electrons. The van der Waals surface area contributed by atoms with Crippen LogP contribution in [0.15, 0.2) is 42.7 Å². The fraction of sp³-hybridized carbons (Fsp3) is 0.615. The molecule has 2 aromatic rings. The predicted molar refractivity (Wildman–Crippen MR) is 129 cm³/mol. The molecule has 5 rings (SSSR count). The molecule has 1 spiro atoms. The summed E-state index contributed by atoms with van der Waals surface area (Å²) in [4.78, 5) is 15.5. The van der Waals surface area contributed by atoms with E-state index in [0.717, 1.165) is 44.5 Å². The first-order valence-corrected chi connectivity index (χ1v) is 12.3. The predicted octanol–water partition coefficient (Wildman–Crippen LogP) is 3.45. The van der Waals surface area contributed by atoms with Gasteiger partial charge in [-0.15, -0.1) is 0 Å². The van der Waals surface area contributed by atoms with Crippen molar-refractivity contribution >= 4 is 5.69 Å². The number of aromatic nitrogens is 2. The highest BCUT2D eigenvalue weighted by Crippen LogP contribution is 2.50. The van der Waals surface area contributed by atoms with Gasteiger partial charge in [0.25, 0.3) is 0 Å². The quantitative estimate of drug-likeness (QED) is 0.722. The third-order valence-electron chi connectivity index (χ3n) is 8.61. The Hall–Kier alpha value is -2.22. The molecule has 2 heterocycles. The van der Waals surface area contributed by atoms with Crippen LogP contribution >= 0.6 is 0 Å². The van der Waals surface area contributed by atoms with Crippen molar-refractivity contribution in [2.45, 2.75) is 62.4 Å². The second-order valence-corrected chi connectivity index (χ2v) is 10.4. The molecule has 2 aliphatic carbocycles. The molecule has 2 saturated carbocycles. The van der Waals surface area contributed by atoms with Gasteiger partial charge in [-0.05, 0) is 64.1 Å². The van der Waals surface area contributed by atoms with E-state index in [0.29, 0.717) is 11.9 Å². The highest BCUT2D eigenvalue weighted by molar-refractivity contribution is 5.46. The van der Waals surface area contributed by atoms with Gasteiger partial charge in [-0.3, -0.25) is 9.80 Å². The maximum atomic E-state index is 11.5. The zero-order chi connectivity index (χ0) is 23.1. The Balaban J connectivity index is 1.43. The van der Waals surface area contributed by atoms with E-state index in [1.807, 2.05) is 0 Å². The Labute approximate surface area is 197 Å². The van der Waals surface area contributed by atoms with Crippen LogP contribution in [-0.4, -0.2) is 71.1 Å². The van der Waals surface area contributed by atoms with Crippen LogP contribution in [0.4, 0.5) is 5.69 Å². The average molecular weight is 452 g/mol. The average Bonchev–Trinajstić information content (AvgIpc) is 3.08. The SMILES string of the molecule is COc1ncc(N2C[C@]3(CC[C@](c4ccccc4)(N(C)C)CC3)N(CC3CCC3)C2O)cn1. The minimum atomic E-state index is -0.647. The molecule has 3 fully saturated rings. The van der Waals surface area contributed by atoms with Crippen LogP contribution in [0.5, 0.6) is 6.01 Å². The van der Waals surface area contributed by atoms with Gasteiger partial charge in [-0.1, -0.05) is 36.8 Å². The summed E-state index contributed by atoms with van der Waals surface area (Å²) in [6.45, 7) is 1.77. The van der Waals surface area contributed by atoms with Crippen molar-refractivity contribution in [3.05, 3.63) is 48.3 Å². The lowest BCUT2D eigenvalue weighted by Crippen LogP contribution is -2.57. The van der Waals surface area contributed by atoms with Crippen LogP contribution in [0.25, 0.3) is 0 Å². The lowest BCUT2D eigenvalue weighted by Gasteiger charge is -2.52. The molecule has 0 amide bonds. The van der Waals surface area contributed by atoms with E-state index in [2.05, 4.69) is 69.1 Å². The molecule has 33 heavy (non-hydrogen) atoms. The number of aliphatic hydroxyl groups is 1. The summed E-state index contributed by atoms with van der Waals surface area (Å²) >= 11 is 0. The summed E-state index contributed by atoms with van der Waals surface area (Å²) in [7, 11) is 5.99. The van der Waals surface area contributed by atoms with Crippen molar-refractivity contribution in [3.8, 4) is 6.01 Å². The molecule has 1 N–H and O–H groups in total. The van der Waals surface area contributed by atoms with E-state index < -0.39 is 6.35 Å². The number of ether oxygens (including phenoxy) is 1. The monoisotopic (exact) mass is 451 g/mol. The van der Waals surface area contributed by atoms with Crippen LogP contribution in [0.1, 0.15) is 50.5 Å². The molecule has 1 atom stereocenters. The van der Waals surface area contributed by atoms with Crippen molar-refractivity contribution in [1.29, 1.82) is 0 Å². The molecule has 7 nitrogen and oxygen atoms in total. The summed E-state index contributed by atoms with van der Waals surface area (Å²) < 4.78 is 5.13. The topological polar surface area (TPSA) is 65.0 Å². The Bertz CT molecular complexity index is 923. The Morgan fingerprint density at radius 3 is 2.27 bits per heavy atom. The summed E-state index contributed by atoms with van der Waals surface area (Å²) in [6.07, 6.45) is 11.0. The largest absolute Gasteiger partial charge is 0.467 e. The van der Waals surface area contributed by atoms with E-state index in [4.69, 9.17) is 4.74 Å². The van der Waals surface area contributed by atoms with Gasteiger partial charge in [0.2, 0.25) is 0 Å².